The van der Waals surface area contributed by atoms with Crippen molar-refractivity contribution in [3.05, 3.63) is 29.8 Å². The summed E-state index contributed by atoms with van der Waals surface area (Å²) in [6.07, 6.45) is 0. The van der Waals surface area contributed by atoms with Crippen molar-refractivity contribution in [2.24, 2.45) is 0 Å². The van der Waals surface area contributed by atoms with Crippen molar-refractivity contribution in [1.29, 1.82) is 0 Å². The van der Waals surface area contributed by atoms with E-state index in [1.54, 1.807) is 0 Å². The lowest BCUT2D eigenvalue weighted by atomic mass is 10.2. The number of anilines is 1. The lowest BCUT2D eigenvalue weighted by Crippen LogP contribution is -1.77. The molecule has 1 rings (SSSR count). The molecule has 2 heteroatoms. The van der Waals surface area contributed by atoms with E-state index in [4.69, 9.17) is 0 Å². The molecule has 0 heterocycles. The highest BCUT2D eigenvalue weighted by atomic mass is 31.0. The molecular weight excluding hydrogens is 129 g/mol. The van der Waals surface area contributed by atoms with Crippen LogP contribution < -0.4 is 5.09 Å². The lowest BCUT2D eigenvalue weighted by Gasteiger charge is -1.97. The molecule has 1 aromatic rings. The second kappa shape index (κ2) is 2.84. The minimum atomic E-state index is 1.13. The highest BCUT2D eigenvalue weighted by Gasteiger charge is 1.83. The van der Waals surface area contributed by atoms with Crippen molar-refractivity contribution in [3.8, 4) is 0 Å². The quantitative estimate of drug-likeness (QED) is 0.588. The number of nitrogens with one attached hydrogen (secondary N) is 1. The molecule has 9 heavy (non-hydrogen) atoms. The maximum atomic E-state index is 2.97. The molecule has 0 spiro atoms. The van der Waals surface area contributed by atoms with E-state index in [9.17, 15) is 0 Å². The molecule has 48 valence electrons. The van der Waals surface area contributed by atoms with Gasteiger partial charge in [-0.05, 0) is 28.4 Å². The summed E-state index contributed by atoms with van der Waals surface area (Å²) < 4.78 is 0. The second-order valence-electron chi connectivity index (χ2n) is 2.01. The van der Waals surface area contributed by atoms with Crippen LogP contribution in [0.3, 0.4) is 0 Å². The minimum Gasteiger partial charge on any atom is -0.369 e. The standard InChI is InChI=1S/C7H10NP/c1-6-2-4-7(8-9)5-3-6/h2-5,8H,9H2,1H3. The molecule has 1 unspecified atom stereocenters. The molecule has 0 aliphatic rings. The molecule has 0 aliphatic carbocycles. The average Bonchev–Trinajstić information content (AvgIpc) is 1.90. The van der Waals surface area contributed by atoms with Crippen LogP contribution >= 0.6 is 9.39 Å². The molecule has 0 saturated carbocycles. The molecule has 0 fully saturated rings. The van der Waals surface area contributed by atoms with Crippen molar-refractivity contribution in [2.75, 3.05) is 5.09 Å². The highest BCUT2D eigenvalue weighted by molar-refractivity contribution is 7.18. The summed E-state index contributed by atoms with van der Waals surface area (Å²) >= 11 is 0. The normalized spacial score (nSPS) is 9.11. The van der Waals surface area contributed by atoms with Crippen molar-refractivity contribution in [3.63, 3.8) is 0 Å². The largest absolute Gasteiger partial charge is 0.369 e. The summed E-state index contributed by atoms with van der Waals surface area (Å²) in [6, 6.07) is 8.24. The Morgan fingerprint density at radius 2 is 1.78 bits per heavy atom. The molecule has 0 bridgehead atoms. The monoisotopic (exact) mass is 139 g/mol. The van der Waals surface area contributed by atoms with Gasteiger partial charge in [0.25, 0.3) is 0 Å². The van der Waals surface area contributed by atoms with Gasteiger partial charge in [0, 0.05) is 5.69 Å². The SMILES string of the molecule is Cc1ccc(NP)cc1. The predicted molar refractivity (Wildman–Crippen MR) is 44.5 cm³/mol. The average molecular weight is 139 g/mol. The van der Waals surface area contributed by atoms with E-state index in [0.717, 1.165) is 5.69 Å². The summed E-state index contributed by atoms with van der Waals surface area (Å²) in [4.78, 5) is 0. The third kappa shape index (κ3) is 1.69. The fraction of sp³-hybridized carbons (Fsp3) is 0.143. The van der Waals surface area contributed by atoms with Gasteiger partial charge in [0.1, 0.15) is 0 Å². The van der Waals surface area contributed by atoms with E-state index >= 15 is 0 Å². The highest BCUT2D eigenvalue weighted by Crippen LogP contribution is 2.09. The number of benzene rings is 1. The van der Waals surface area contributed by atoms with E-state index in [-0.39, 0.29) is 0 Å². The zero-order chi connectivity index (χ0) is 6.69. The summed E-state index contributed by atoms with van der Waals surface area (Å²) in [7, 11) is 2.46. The smallest absolute Gasteiger partial charge is 0.0368 e. The molecule has 0 aromatic heterocycles. The van der Waals surface area contributed by atoms with Crippen LogP contribution in [0.1, 0.15) is 5.56 Å². The first-order valence-electron chi connectivity index (χ1n) is 2.86. The van der Waals surface area contributed by atoms with Gasteiger partial charge in [-0.1, -0.05) is 17.7 Å². The zero-order valence-electron chi connectivity index (χ0n) is 5.39. The van der Waals surface area contributed by atoms with Crippen molar-refractivity contribution in [2.45, 2.75) is 6.92 Å². The van der Waals surface area contributed by atoms with E-state index < -0.39 is 0 Å². The minimum absolute atomic E-state index is 1.13. The molecule has 1 nitrogen and oxygen atoms in total. The summed E-state index contributed by atoms with van der Waals surface area (Å²) in [5.41, 5.74) is 2.42. The number of hydrogen-bond acceptors (Lipinski definition) is 1. The van der Waals surface area contributed by atoms with Crippen LogP contribution in [0.4, 0.5) is 5.69 Å². The Morgan fingerprint density at radius 1 is 1.22 bits per heavy atom. The topological polar surface area (TPSA) is 12.0 Å². The van der Waals surface area contributed by atoms with Crippen molar-refractivity contribution < 1.29 is 0 Å². The van der Waals surface area contributed by atoms with Crippen LogP contribution in [-0.4, -0.2) is 0 Å². The fourth-order valence-electron chi connectivity index (χ4n) is 0.650. The molecule has 0 saturated heterocycles. The van der Waals surface area contributed by atoms with Crippen LogP contribution in [0, 0.1) is 6.92 Å². The maximum Gasteiger partial charge on any atom is 0.0368 e. The van der Waals surface area contributed by atoms with Crippen LogP contribution in [0.5, 0.6) is 0 Å². The molecule has 1 aromatic carbocycles. The second-order valence-corrected chi connectivity index (χ2v) is 2.30. The Hall–Kier alpha value is -0.550. The summed E-state index contributed by atoms with van der Waals surface area (Å²) in [5.74, 6) is 0. The Morgan fingerprint density at radius 3 is 2.22 bits per heavy atom. The van der Waals surface area contributed by atoms with Gasteiger partial charge < -0.3 is 5.09 Å². The molecule has 0 aliphatic heterocycles. The molecule has 0 amide bonds. The number of aryl methyl sites for hydroxylation is 1. The molecule has 1 atom stereocenters. The first-order valence-corrected chi connectivity index (χ1v) is 3.44. The van der Waals surface area contributed by atoms with Gasteiger partial charge in [-0.3, -0.25) is 0 Å². The van der Waals surface area contributed by atoms with Gasteiger partial charge in [-0.15, -0.1) is 0 Å². The van der Waals surface area contributed by atoms with Gasteiger partial charge in [0.15, 0.2) is 0 Å². The number of hydrogen-bond donors (Lipinski definition) is 1. The van der Waals surface area contributed by atoms with Gasteiger partial charge >= 0.3 is 0 Å². The maximum absolute atomic E-state index is 2.97. The Bertz CT molecular complexity index is 181. The van der Waals surface area contributed by atoms with Crippen LogP contribution in [0.2, 0.25) is 0 Å². The van der Waals surface area contributed by atoms with E-state index in [1.807, 2.05) is 12.1 Å². The Balaban J connectivity index is 2.88. The zero-order valence-corrected chi connectivity index (χ0v) is 6.54. The third-order valence-electron chi connectivity index (χ3n) is 1.22. The van der Waals surface area contributed by atoms with Gasteiger partial charge in [-0.25, -0.2) is 0 Å². The van der Waals surface area contributed by atoms with Gasteiger partial charge in [-0.2, -0.15) is 0 Å². The van der Waals surface area contributed by atoms with Gasteiger partial charge in [0.05, 0.1) is 0 Å². The molecule has 1 N–H and O–H groups in total. The summed E-state index contributed by atoms with van der Waals surface area (Å²) in [6.45, 7) is 2.08. The van der Waals surface area contributed by atoms with E-state index in [1.165, 1.54) is 5.56 Å². The first kappa shape index (κ1) is 6.57. The van der Waals surface area contributed by atoms with Gasteiger partial charge in [0.2, 0.25) is 0 Å². The first-order chi connectivity index (χ1) is 4.33. The summed E-state index contributed by atoms with van der Waals surface area (Å²) in [5, 5.41) is 2.97. The Labute approximate surface area is 57.7 Å². The van der Waals surface area contributed by atoms with Crippen LogP contribution in [0.25, 0.3) is 0 Å². The fourth-order valence-corrected chi connectivity index (χ4v) is 0.842. The van der Waals surface area contributed by atoms with E-state index in [2.05, 4.69) is 33.5 Å². The lowest BCUT2D eigenvalue weighted by molar-refractivity contribution is 1.47. The van der Waals surface area contributed by atoms with E-state index in [0.29, 0.717) is 0 Å². The van der Waals surface area contributed by atoms with Crippen molar-refractivity contribution in [1.82, 2.24) is 0 Å². The van der Waals surface area contributed by atoms with Crippen molar-refractivity contribution >= 4 is 15.1 Å². The Kier molecular flexibility index (Phi) is 2.07. The van der Waals surface area contributed by atoms with Crippen LogP contribution in [0.15, 0.2) is 24.3 Å². The third-order valence-corrected chi connectivity index (χ3v) is 1.55. The van der Waals surface area contributed by atoms with Crippen LogP contribution in [-0.2, 0) is 0 Å². The molecular formula is C7H10NP. The predicted octanol–water partition coefficient (Wildman–Crippen LogP) is 2.20. The molecule has 0 radical (unpaired) electrons. The number of rotatable bonds is 1.